The van der Waals surface area contributed by atoms with E-state index in [9.17, 15) is 0 Å². The van der Waals surface area contributed by atoms with Gasteiger partial charge in [-0.05, 0) is 53.5 Å². The average Bonchev–Trinajstić information content (AvgIpc) is 2.13. The van der Waals surface area contributed by atoms with Crippen LogP contribution in [0.1, 0.15) is 53.9 Å². The Bertz CT molecular complexity index is 142. The van der Waals surface area contributed by atoms with E-state index in [1.54, 1.807) is 0 Å². The second kappa shape index (κ2) is 3.02. The maximum absolute atomic E-state index is 2.67. The van der Waals surface area contributed by atoms with Gasteiger partial charge in [-0.3, -0.25) is 4.90 Å². The van der Waals surface area contributed by atoms with Crippen LogP contribution in [-0.4, -0.2) is 22.5 Å². The summed E-state index contributed by atoms with van der Waals surface area (Å²) in [5.74, 6) is 0. The fraction of sp³-hybridized carbons (Fsp3) is 1.00. The van der Waals surface area contributed by atoms with Crippen molar-refractivity contribution in [3.05, 3.63) is 0 Å². The molecule has 12 heavy (non-hydrogen) atoms. The summed E-state index contributed by atoms with van der Waals surface area (Å²) >= 11 is 0. The first-order chi connectivity index (χ1) is 5.40. The second-order valence-electron chi connectivity index (χ2n) is 5.28. The Morgan fingerprint density at radius 1 is 1.00 bits per heavy atom. The summed E-state index contributed by atoms with van der Waals surface area (Å²) in [4.78, 5) is 2.67. The lowest BCUT2D eigenvalue weighted by Gasteiger charge is -2.40. The summed E-state index contributed by atoms with van der Waals surface area (Å²) in [5, 5.41) is 0. The monoisotopic (exact) mass is 169 g/mol. The van der Waals surface area contributed by atoms with E-state index in [1.807, 2.05) is 0 Å². The Kier molecular flexibility index (Phi) is 2.53. The first-order valence-corrected chi connectivity index (χ1v) is 5.18. The highest BCUT2D eigenvalue weighted by Crippen LogP contribution is 2.40. The molecule has 0 spiro atoms. The van der Waals surface area contributed by atoms with Gasteiger partial charge in [-0.1, -0.05) is 6.92 Å². The molecule has 0 atom stereocenters. The van der Waals surface area contributed by atoms with Crippen LogP contribution >= 0.6 is 0 Å². The van der Waals surface area contributed by atoms with Crippen LogP contribution in [0.15, 0.2) is 0 Å². The molecule has 0 bridgehead atoms. The van der Waals surface area contributed by atoms with Crippen molar-refractivity contribution >= 4 is 0 Å². The smallest absolute Gasteiger partial charge is 0.0159 e. The Labute approximate surface area is 77.1 Å². The van der Waals surface area contributed by atoms with Gasteiger partial charge >= 0.3 is 0 Å². The summed E-state index contributed by atoms with van der Waals surface area (Å²) < 4.78 is 0. The standard InChI is InChI=1S/C11H23N/c1-6-9-12-10(2,3)7-8-11(12,4)5/h6-9H2,1-5H3. The maximum Gasteiger partial charge on any atom is 0.0159 e. The molecular formula is C11H23N. The molecule has 1 heteroatoms. The van der Waals surface area contributed by atoms with E-state index < -0.39 is 0 Å². The molecule has 0 aliphatic carbocycles. The highest BCUT2D eigenvalue weighted by Gasteiger charge is 2.43. The fourth-order valence-corrected chi connectivity index (χ4v) is 2.53. The van der Waals surface area contributed by atoms with E-state index in [-0.39, 0.29) is 0 Å². The van der Waals surface area contributed by atoms with E-state index in [0.717, 1.165) is 0 Å². The Balaban J connectivity index is 2.74. The molecule has 0 amide bonds. The Hall–Kier alpha value is -0.0400. The molecule has 0 unspecified atom stereocenters. The van der Waals surface area contributed by atoms with Crippen molar-refractivity contribution in [3.8, 4) is 0 Å². The van der Waals surface area contributed by atoms with Gasteiger partial charge in [-0.15, -0.1) is 0 Å². The molecule has 1 nitrogen and oxygen atoms in total. The fourth-order valence-electron chi connectivity index (χ4n) is 2.53. The highest BCUT2D eigenvalue weighted by atomic mass is 15.3. The average molecular weight is 169 g/mol. The van der Waals surface area contributed by atoms with Crippen LogP contribution in [0.5, 0.6) is 0 Å². The van der Waals surface area contributed by atoms with Crippen molar-refractivity contribution in [1.29, 1.82) is 0 Å². The van der Waals surface area contributed by atoms with Crippen molar-refractivity contribution in [1.82, 2.24) is 4.90 Å². The first-order valence-electron chi connectivity index (χ1n) is 5.18. The molecule has 0 aromatic carbocycles. The summed E-state index contributed by atoms with van der Waals surface area (Å²) in [6, 6.07) is 0. The lowest BCUT2D eigenvalue weighted by Crippen LogP contribution is -2.48. The maximum atomic E-state index is 2.67. The third-order valence-corrected chi connectivity index (χ3v) is 3.26. The summed E-state index contributed by atoms with van der Waals surface area (Å²) in [5.41, 5.74) is 0.860. The zero-order chi connectivity index (χ0) is 9.41. The number of nitrogens with zero attached hydrogens (tertiary/aromatic N) is 1. The van der Waals surface area contributed by atoms with Crippen LogP contribution in [0.2, 0.25) is 0 Å². The first kappa shape index (κ1) is 10.0. The van der Waals surface area contributed by atoms with E-state index >= 15 is 0 Å². The van der Waals surface area contributed by atoms with Crippen molar-refractivity contribution in [2.75, 3.05) is 6.54 Å². The molecule has 1 fully saturated rings. The topological polar surface area (TPSA) is 3.24 Å². The summed E-state index contributed by atoms with van der Waals surface area (Å²) in [6.45, 7) is 13.0. The van der Waals surface area contributed by atoms with Crippen LogP contribution in [-0.2, 0) is 0 Å². The van der Waals surface area contributed by atoms with Gasteiger partial charge in [0.25, 0.3) is 0 Å². The van der Waals surface area contributed by atoms with Crippen LogP contribution in [0.3, 0.4) is 0 Å². The van der Waals surface area contributed by atoms with Crippen LogP contribution in [0.25, 0.3) is 0 Å². The van der Waals surface area contributed by atoms with Crippen molar-refractivity contribution in [3.63, 3.8) is 0 Å². The minimum atomic E-state index is 0.430. The minimum absolute atomic E-state index is 0.430. The zero-order valence-electron chi connectivity index (χ0n) is 9.28. The number of hydrogen-bond donors (Lipinski definition) is 0. The molecule has 72 valence electrons. The van der Waals surface area contributed by atoms with Gasteiger partial charge in [0.05, 0.1) is 0 Å². The third-order valence-electron chi connectivity index (χ3n) is 3.26. The molecule has 1 rings (SSSR count). The van der Waals surface area contributed by atoms with E-state index in [4.69, 9.17) is 0 Å². The molecule has 1 heterocycles. The molecule has 0 aromatic rings. The third kappa shape index (κ3) is 1.66. The van der Waals surface area contributed by atoms with Gasteiger partial charge in [0.1, 0.15) is 0 Å². The van der Waals surface area contributed by atoms with E-state index in [1.165, 1.54) is 25.8 Å². The zero-order valence-corrected chi connectivity index (χ0v) is 9.28. The van der Waals surface area contributed by atoms with Crippen LogP contribution in [0, 0.1) is 0 Å². The summed E-state index contributed by atoms with van der Waals surface area (Å²) in [7, 11) is 0. The predicted octanol–water partition coefficient (Wildman–Crippen LogP) is 3.05. The Morgan fingerprint density at radius 3 is 1.75 bits per heavy atom. The highest BCUT2D eigenvalue weighted by molar-refractivity contribution is 4.99. The molecular weight excluding hydrogens is 146 g/mol. The van der Waals surface area contributed by atoms with Gasteiger partial charge in [0.2, 0.25) is 0 Å². The molecule has 1 aliphatic rings. The molecule has 0 aromatic heterocycles. The molecule has 0 saturated carbocycles. The molecule has 0 radical (unpaired) electrons. The largest absolute Gasteiger partial charge is 0.293 e. The van der Waals surface area contributed by atoms with Gasteiger partial charge < -0.3 is 0 Å². The predicted molar refractivity (Wildman–Crippen MR) is 54.4 cm³/mol. The molecule has 1 aliphatic heterocycles. The lowest BCUT2D eigenvalue weighted by atomic mass is 10.0. The SMILES string of the molecule is CCCN1C(C)(C)CCC1(C)C. The minimum Gasteiger partial charge on any atom is -0.293 e. The molecule has 1 saturated heterocycles. The number of hydrogen-bond acceptors (Lipinski definition) is 1. The normalized spacial score (nSPS) is 27.8. The quantitative estimate of drug-likeness (QED) is 0.614. The number of rotatable bonds is 2. The van der Waals surface area contributed by atoms with Crippen molar-refractivity contribution in [2.45, 2.75) is 65.0 Å². The molecule has 0 N–H and O–H groups in total. The van der Waals surface area contributed by atoms with Gasteiger partial charge in [-0.2, -0.15) is 0 Å². The van der Waals surface area contributed by atoms with Gasteiger partial charge in [0.15, 0.2) is 0 Å². The van der Waals surface area contributed by atoms with Gasteiger partial charge in [-0.25, -0.2) is 0 Å². The summed E-state index contributed by atoms with van der Waals surface area (Å²) in [6.07, 6.45) is 3.97. The number of likely N-dealkylation sites (tertiary alicyclic amines) is 1. The van der Waals surface area contributed by atoms with E-state index in [2.05, 4.69) is 39.5 Å². The lowest BCUT2D eigenvalue weighted by molar-refractivity contribution is 0.0796. The van der Waals surface area contributed by atoms with E-state index in [0.29, 0.717) is 11.1 Å². The Morgan fingerprint density at radius 2 is 1.42 bits per heavy atom. The van der Waals surface area contributed by atoms with Crippen molar-refractivity contribution < 1.29 is 0 Å². The van der Waals surface area contributed by atoms with Crippen LogP contribution in [0.4, 0.5) is 0 Å². The van der Waals surface area contributed by atoms with Crippen molar-refractivity contribution in [2.24, 2.45) is 0 Å². The second-order valence-corrected chi connectivity index (χ2v) is 5.28. The van der Waals surface area contributed by atoms with Gasteiger partial charge in [0, 0.05) is 11.1 Å². The van der Waals surface area contributed by atoms with Crippen LogP contribution < -0.4 is 0 Å².